The van der Waals surface area contributed by atoms with Crippen molar-refractivity contribution in [3.05, 3.63) is 30.3 Å². The largest absolute Gasteiger partial charge is 0.331 e. The molecule has 1 N–H and O–H groups in total. The normalized spacial score (nSPS) is 21.5. The molecule has 1 aromatic rings. The molecule has 2 aliphatic rings. The number of rotatable bonds is 4. The van der Waals surface area contributed by atoms with Crippen LogP contribution in [0.15, 0.2) is 30.3 Å². The molecule has 0 aliphatic carbocycles. The summed E-state index contributed by atoms with van der Waals surface area (Å²) in [4.78, 5) is 29.3. The molecule has 3 rings (SSSR count). The molecule has 132 valence electrons. The molecule has 1 atom stereocenters. The highest BCUT2D eigenvalue weighted by Crippen LogP contribution is 2.26. The van der Waals surface area contributed by atoms with E-state index in [0.29, 0.717) is 13.1 Å². The van der Waals surface area contributed by atoms with Crippen molar-refractivity contribution in [1.29, 1.82) is 0 Å². The third-order valence-electron chi connectivity index (χ3n) is 4.93. The second-order valence-corrected chi connectivity index (χ2v) is 6.28. The number of nitrogens with zero attached hydrogens (tertiary/aromatic N) is 2. The van der Waals surface area contributed by atoms with Crippen molar-refractivity contribution >= 4 is 29.9 Å². The zero-order valence-corrected chi connectivity index (χ0v) is 14.9. The molecule has 2 saturated heterocycles. The van der Waals surface area contributed by atoms with Crippen molar-refractivity contribution in [3.63, 3.8) is 0 Å². The van der Waals surface area contributed by atoms with Crippen LogP contribution in [0.2, 0.25) is 0 Å². The molecule has 0 aromatic heterocycles. The number of para-hydroxylation sites is 1. The molecule has 0 saturated carbocycles. The Kier molecular flexibility index (Phi) is 6.63. The average molecular weight is 352 g/mol. The third kappa shape index (κ3) is 3.73. The number of hydrogen-bond donors (Lipinski definition) is 1. The molecule has 2 amide bonds. The summed E-state index contributed by atoms with van der Waals surface area (Å²) in [6, 6.07) is 9.42. The Morgan fingerprint density at radius 2 is 1.88 bits per heavy atom. The van der Waals surface area contributed by atoms with E-state index in [4.69, 9.17) is 0 Å². The Bertz CT molecular complexity index is 561. The number of piperidine rings is 1. The number of halogens is 1. The van der Waals surface area contributed by atoms with Gasteiger partial charge in [0.2, 0.25) is 11.8 Å². The fourth-order valence-corrected chi connectivity index (χ4v) is 3.65. The van der Waals surface area contributed by atoms with Crippen molar-refractivity contribution in [1.82, 2.24) is 10.2 Å². The Hall–Kier alpha value is -1.59. The van der Waals surface area contributed by atoms with Gasteiger partial charge in [0, 0.05) is 24.7 Å². The minimum absolute atomic E-state index is 0. The summed E-state index contributed by atoms with van der Waals surface area (Å²) in [5.74, 6) is 0.275. The summed E-state index contributed by atoms with van der Waals surface area (Å²) in [7, 11) is 0. The quantitative estimate of drug-likeness (QED) is 0.903. The van der Waals surface area contributed by atoms with E-state index in [1.165, 1.54) is 0 Å². The van der Waals surface area contributed by atoms with Gasteiger partial charge in [-0.2, -0.15) is 0 Å². The first-order valence-electron chi connectivity index (χ1n) is 8.60. The van der Waals surface area contributed by atoms with Crippen LogP contribution in [-0.2, 0) is 9.59 Å². The van der Waals surface area contributed by atoms with Gasteiger partial charge in [0.1, 0.15) is 6.04 Å². The lowest BCUT2D eigenvalue weighted by molar-refractivity contribution is -0.142. The number of hydrogen-bond acceptors (Lipinski definition) is 3. The van der Waals surface area contributed by atoms with Gasteiger partial charge in [-0.3, -0.25) is 9.59 Å². The zero-order chi connectivity index (χ0) is 16.2. The first-order valence-corrected chi connectivity index (χ1v) is 8.60. The van der Waals surface area contributed by atoms with Gasteiger partial charge in [0.25, 0.3) is 0 Å². The molecule has 0 radical (unpaired) electrons. The third-order valence-corrected chi connectivity index (χ3v) is 4.93. The Morgan fingerprint density at radius 1 is 1.21 bits per heavy atom. The van der Waals surface area contributed by atoms with Crippen molar-refractivity contribution in [3.8, 4) is 0 Å². The first kappa shape index (κ1) is 18.7. The summed E-state index contributed by atoms with van der Waals surface area (Å²) in [5, 5.41) is 3.29. The molecule has 24 heavy (non-hydrogen) atoms. The topological polar surface area (TPSA) is 52.7 Å². The van der Waals surface area contributed by atoms with E-state index in [2.05, 4.69) is 5.32 Å². The molecule has 2 aliphatic heterocycles. The maximum atomic E-state index is 12.8. The molecular formula is C18H26ClN3O2. The van der Waals surface area contributed by atoms with Crippen LogP contribution in [0.1, 0.15) is 26.2 Å². The fourth-order valence-electron chi connectivity index (χ4n) is 3.65. The van der Waals surface area contributed by atoms with Gasteiger partial charge in [-0.25, -0.2) is 0 Å². The average Bonchev–Trinajstić information content (AvgIpc) is 2.99. The van der Waals surface area contributed by atoms with Crippen molar-refractivity contribution in [2.75, 3.05) is 31.1 Å². The monoisotopic (exact) mass is 351 g/mol. The van der Waals surface area contributed by atoms with Crippen LogP contribution < -0.4 is 10.2 Å². The van der Waals surface area contributed by atoms with Crippen LogP contribution >= 0.6 is 12.4 Å². The second kappa shape index (κ2) is 8.49. The predicted molar refractivity (Wildman–Crippen MR) is 97.4 cm³/mol. The van der Waals surface area contributed by atoms with Gasteiger partial charge in [0.05, 0.1) is 0 Å². The maximum absolute atomic E-state index is 12.8. The van der Waals surface area contributed by atoms with Crippen molar-refractivity contribution in [2.24, 2.45) is 5.92 Å². The smallest absolute Gasteiger partial charge is 0.249 e. The minimum Gasteiger partial charge on any atom is -0.331 e. The lowest BCUT2D eigenvalue weighted by Gasteiger charge is -2.32. The maximum Gasteiger partial charge on any atom is 0.249 e. The fraction of sp³-hybridized carbons (Fsp3) is 0.556. The zero-order valence-electron chi connectivity index (χ0n) is 14.1. The van der Waals surface area contributed by atoms with E-state index in [-0.39, 0.29) is 36.2 Å². The van der Waals surface area contributed by atoms with Gasteiger partial charge in [-0.15, -0.1) is 12.4 Å². The molecule has 1 unspecified atom stereocenters. The predicted octanol–water partition coefficient (Wildman–Crippen LogP) is 2.06. The molecule has 1 aromatic carbocycles. The van der Waals surface area contributed by atoms with E-state index in [1.807, 2.05) is 42.2 Å². The van der Waals surface area contributed by atoms with Crippen LogP contribution in [-0.4, -0.2) is 48.9 Å². The number of likely N-dealkylation sites (N-methyl/N-ethyl adjacent to an activating group) is 1. The van der Waals surface area contributed by atoms with Gasteiger partial charge in [-0.05, 0) is 51.4 Å². The summed E-state index contributed by atoms with van der Waals surface area (Å²) in [6.45, 7) is 5.04. The molecule has 2 heterocycles. The number of nitrogens with one attached hydrogen (secondary N) is 1. The van der Waals surface area contributed by atoms with E-state index >= 15 is 0 Å². The molecule has 0 spiro atoms. The first-order chi connectivity index (χ1) is 11.2. The highest BCUT2D eigenvalue weighted by atomic mass is 35.5. The second-order valence-electron chi connectivity index (χ2n) is 6.28. The number of anilines is 1. The van der Waals surface area contributed by atoms with Gasteiger partial charge >= 0.3 is 0 Å². The Morgan fingerprint density at radius 3 is 2.50 bits per heavy atom. The number of amides is 2. The van der Waals surface area contributed by atoms with Crippen LogP contribution in [0.3, 0.4) is 0 Å². The van der Waals surface area contributed by atoms with Crippen LogP contribution in [0, 0.1) is 5.92 Å². The number of carbonyl (C=O) groups excluding carboxylic acids is 2. The van der Waals surface area contributed by atoms with Gasteiger partial charge in [0.15, 0.2) is 0 Å². The van der Waals surface area contributed by atoms with Crippen LogP contribution in [0.4, 0.5) is 5.69 Å². The lowest BCUT2D eigenvalue weighted by Crippen LogP contribution is -2.49. The summed E-state index contributed by atoms with van der Waals surface area (Å²) in [6.07, 6.45) is 2.47. The van der Waals surface area contributed by atoms with E-state index in [9.17, 15) is 9.59 Å². The molecule has 2 fully saturated rings. The molecule has 5 nitrogen and oxygen atoms in total. The van der Waals surface area contributed by atoms with Crippen LogP contribution in [0.5, 0.6) is 0 Å². The molecule has 6 heteroatoms. The van der Waals surface area contributed by atoms with Gasteiger partial charge in [-0.1, -0.05) is 18.2 Å². The number of benzene rings is 1. The molecular weight excluding hydrogens is 326 g/mol. The van der Waals surface area contributed by atoms with Crippen LogP contribution in [0.25, 0.3) is 0 Å². The van der Waals surface area contributed by atoms with E-state index in [0.717, 1.165) is 38.0 Å². The summed E-state index contributed by atoms with van der Waals surface area (Å²) < 4.78 is 0. The number of carbonyl (C=O) groups is 2. The Labute approximate surface area is 149 Å². The van der Waals surface area contributed by atoms with Crippen molar-refractivity contribution in [2.45, 2.75) is 32.2 Å². The highest BCUT2D eigenvalue weighted by Gasteiger charge is 2.39. The van der Waals surface area contributed by atoms with E-state index in [1.54, 1.807) is 4.90 Å². The SMILES string of the molecule is CCN(C(=O)C1CCNCC1)C1CCN(c2ccccc2)C1=O.Cl. The Balaban J connectivity index is 0.00000208. The summed E-state index contributed by atoms with van der Waals surface area (Å²) >= 11 is 0. The van der Waals surface area contributed by atoms with Crippen molar-refractivity contribution < 1.29 is 9.59 Å². The standard InChI is InChI=1S/C18H25N3O2.ClH/c1-2-20(17(22)14-8-11-19-12-9-14)16-10-13-21(18(16)23)15-6-4-3-5-7-15;/h3-7,14,16,19H,2,8-13H2,1H3;1H. The van der Waals surface area contributed by atoms with E-state index < -0.39 is 0 Å². The van der Waals surface area contributed by atoms with Gasteiger partial charge < -0.3 is 15.1 Å². The minimum atomic E-state index is -0.303. The summed E-state index contributed by atoms with van der Waals surface area (Å²) in [5.41, 5.74) is 0.922. The highest BCUT2D eigenvalue weighted by molar-refractivity contribution is 6.01. The lowest BCUT2D eigenvalue weighted by atomic mass is 9.95. The molecule has 0 bridgehead atoms.